The smallest absolute Gasteiger partial charge is 0.270 e. The van der Waals surface area contributed by atoms with E-state index in [1.54, 1.807) is 10.6 Å². The van der Waals surface area contributed by atoms with E-state index in [1.165, 1.54) is 23.5 Å². The highest BCUT2D eigenvalue weighted by Crippen LogP contribution is 2.22. The normalized spacial score (nSPS) is 12.2. The van der Waals surface area contributed by atoms with Crippen LogP contribution in [-0.4, -0.2) is 9.49 Å². The number of fused-ring (bicyclic) bond motifs is 1. The van der Waals surface area contributed by atoms with E-state index < -0.39 is 4.92 Å². The monoisotopic (exact) mass is 224 g/mol. The second-order valence-corrected chi connectivity index (χ2v) is 3.99. The lowest BCUT2D eigenvalue weighted by Gasteiger charge is -1.94. The van der Waals surface area contributed by atoms with Crippen molar-refractivity contribution in [2.45, 2.75) is 0 Å². The summed E-state index contributed by atoms with van der Waals surface area (Å²) < 4.78 is 2.60. The van der Waals surface area contributed by atoms with Crippen LogP contribution >= 0.6 is 11.3 Å². The van der Waals surface area contributed by atoms with Gasteiger partial charge in [-0.15, -0.1) is 0 Å². The molecular formula is C8H8N4O2S. The lowest BCUT2D eigenvalue weighted by molar-refractivity contribution is -0.384. The van der Waals surface area contributed by atoms with Gasteiger partial charge in [0.1, 0.15) is 0 Å². The Morgan fingerprint density at radius 2 is 2.33 bits per heavy atom. The highest BCUT2D eigenvalue weighted by molar-refractivity contribution is 7.16. The van der Waals surface area contributed by atoms with Gasteiger partial charge in [0.25, 0.3) is 5.69 Å². The molecule has 2 N–H and O–H groups in total. The molecule has 0 radical (unpaired) electrons. The summed E-state index contributed by atoms with van der Waals surface area (Å²) in [7, 11) is 1.82. The van der Waals surface area contributed by atoms with Gasteiger partial charge >= 0.3 is 0 Å². The molecule has 0 aliphatic carbocycles. The van der Waals surface area contributed by atoms with Gasteiger partial charge in [-0.05, 0) is 6.07 Å². The summed E-state index contributed by atoms with van der Waals surface area (Å²) in [6.07, 6.45) is 0. The molecule has 2 aromatic rings. The van der Waals surface area contributed by atoms with Crippen molar-refractivity contribution in [2.24, 2.45) is 18.0 Å². The van der Waals surface area contributed by atoms with Gasteiger partial charge in [-0.2, -0.15) is 5.10 Å². The molecule has 78 valence electrons. The lowest BCUT2D eigenvalue weighted by Crippen LogP contribution is -2.12. The van der Waals surface area contributed by atoms with Crippen molar-refractivity contribution in [3.63, 3.8) is 0 Å². The summed E-state index contributed by atoms with van der Waals surface area (Å²) in [5.74, 6) is 5.19. The van der Waals surface area contributed by atoms with Gasteiger partial charge in [0.05, 0.1) is 15.1 Å². The molecule has 0 amide bonds. The third kappa shape index (κ3) is 1.46. The molecule has 0 saturated carbocycles. The fourth-order valence-electron chi connectivity index (χ4n) is 1.36. The number of nitrogens with zero attached hydrogens (tertiary/aromatic N) is 3. The maximum atomic E-state index is 10.6. The number of nitro benzene ring substituents is 1. The van der Waals surface area contributed by atoms with Crippen LogP contribution in [0.5, 0.6) is 0 Å². The molecule has 0 aliphatic heterocycles. The molecule has 0 saturated heterocycles. The molecule has 1 heterocycles. The average molecular weight is 224 g/mol. The van der Waals surface area contributed by atoms with Crippen LogP contribution in [-0.2, 0) is 7.05 Å². The van der Waals surface area contributed by atoms with Crippen molar-refractivity contribution in [1.29, 1.82) is 0 Å². The quantitative estimate of drug-likeness (QED) is 0.444. The van der Waals surface area contributed by atoms with Crippen LogP contribution in [0.1, 0.15) is 0 Å². The first kappa shape index (κ1) is 9.66. The zero-order chi connectivity index (χ0) is 11.0. The van der Waals surface area contributed by atoms with Crippen LogP contribution in [0.4, 0.5) is 5.69 Å². The van der Waals surface area contributed by atoms with E-state index in [4.69, 9.17) is 5.84 Å². The molecule has 0 bridgehead atoms. The number of rotatable bonds is 1. The number of nitro groups is 1. The van der Waals surface area contributed by atoms with E-state index in [0.29, 0.717) is 4.80 Å². The molecule has 15 heavy (non-hydrogen) atoms. The van der Waals surface area contributed by atoms with E-state index in [9.17, 15) is 10.1 Å². The van der Waals surface area contributed by atoms with E-state index in [2.05, 4.69) is 5.10 Å². The summed E-state index contributed by atoms with van der Waals surface area (Å²) in [6, 6.07) is 4.68. The summed E-state index contributed by atoms with van der Waals surface area (Å²) in [6.45, 7) is 0. The van der Waals surface area contributed by atoms with Crippen LogP contribution in [0.25, 0.3) is 10.2 Å². The molecule has 7 heteroatoms. The average Bonchev–Trinajstić information content (AvgIpc) is 2.55. The van der Waals surface area contributed by atoms with Crippen LogP contribution in [0.15, 0.2) is 23.3 Å². The summed E-state index contributed by atoms with van der Waals surface area (Å²) in [4.78, 5) is 10.8. The van der Waals surface area contributed by atoms with Crippen molar-refractivity contribution in [3.8, 4) is 0 Å². The second kappa shape index (κ2) is 3.35. The number of hydrogen-bond donors (Lipinski definition) is 1. The Bertz CT molecular complexity index is 598. The largest absolute Gasteiger partial charge is 0.320 e. The zero-order valence-corrected chi connectivity index (χ0v) is 8.69. The Morgan fingerprint density at radius 1 is 1.60 bits per heavy atom. The molecule has 6 nitrogen and oxygen atoms in total. The van der Waals surface area contributed by atoms with Gasteiger partial charge < -0.3 is 10.4 Å². The number of aromatic nitrogens is 1. The maximum Gasteiger partial charge on any atom is 0.270 e. The zero-order valence-electron chi connectivity index (χ0n) is 7.88. The van der Waals surface area contributed by atoms with E-state index in [0.717, 1.165) is 10.2 Å². The van der Waals surface area contributed by atoms with Crippen molar-refractivity contribution < 1.29 is 4.92 Å². The first-order chi connectivity index (χ1) is 7.13. The molecule has 1 aromatic carbocycles. The van der Waals surface area contributed by atoms with Crippen molar-refractivity contribution in [1.82, 2.24) is 4.57 Å². The number of nitrogens with two attached hydrogens (primary N) is 1. The molecule has 0 fully saturated rings. The first-order valence-corrected chi connectivity index (χ1v) is 4.93. The van der Waals surface area contributed by atoms with E-state index in [1.807, 2.05) is 7.05 Å². The van der Waals surface area contributed by atoms with Gasteiger partial charge in [0, 0.05) is 19.2 Å². The Labute approximate surface area is 88.4 Å². The Morgan fingerprint density at radius 3 is 2.93 bits per heavy atom. The second-order valence-electron chi connectivity index (χ2n) is 2.98. The van der Waals surface area contributed by atoms with Crippen LogP contribution in [0, 0.1) is 10.1 Å². The van der Waals surface area contributed by atoms with Gasteiger partial charge in [0.15, 0.2) is 0 Å². The minimum Gasteiger partial charge on any atom is -0.320 e. The maximum absolute atomic E-state index is 10.6. The molecular weight excluding hydrogens is 216 g/mol. The van der Waals surface area contributed by atoms with Gasteiger partial charge in [-0.25, -0.2) is 0 Å². The third-order valence-corrected chi connectivity index (χ3v) is 3.22. The standard InChI is InChI=1S/C8H8N4O2S/c1-11-6-3-2-5(12(13)14)4-7(6)15-8(11)10-9/h2-4H,9H2,1H3. The summed E-state index contributed by atoms with van der Waals surface area (Å²) >= 11 is 1.32. The Balaban J connectivity index is 2.79. The SMILES string of the molecule is Cn1c(=NN)sc2cc([N+](=O)[O-])ccc21. The van der Waals surface area contributed by atoms with Crippen LogP contribution in [0.3, 0.4) is 0 Å². The highest BCUT2D eigenvalue weighted by atomic mass is 32.1. The highest BCUT2D eigenvalue weighted by Gasteiger charge is 2.09. The summed E-state index contributed by atoms with van der Waals surface area (Å²) in [5, 5.41) is 14.2. The molecule has 0 spiro atoms. The third-order valence-electron chi connectivity index (χ3n) is 2.11. The van der Waals surface area contributed by atoms with Gasteiger partial charge in [-0.3, -0.25) is 10.1 Å². The van der Waals surface area contributed by atoms with E-state index >= 15 is 0 Å². The fourth-order valence-corrected chi connectivity index (χ4v) is 2.33. The van der Waals surface area contributed by atoms with Crippen molar-refractivity contribution in [3.05, 3.63) is 33.1 Å². The lowest BCUT2D eigenvalue weighted by atomic mass is 10.3. The van der Waals surface area contributed by atoms with Crippen molar-refractivity contribution >= 4 is 27.2 Å². The predicted molar refractivity (Wildman–Crippen MR) is 57.2 cm³/mol. The molecule has 0 atom stereocenters. The number of thiazole rings is 1. The fraction of sp³-hybridized carbons (Fsp3) is 0.125. The van der Waals surface area contributed by atoms with Crippen LogP contribution in [0.2, 0.25) is 0 Å². The number of hydrogen-bond acceptors (Lipinski definition) is 5. The minimum atomic E-state index is -0.418. The number of benzene rings is 1. The number of aryl methyl sites for hydroxylation is 1. The molecule has 0 unspecified atom stereocenters. The van der Waals surface area contributed by atoms with Crippen molar-refractivity contribution in [2.75, 3.05) is 0 Å². The topological polar surface area (TPSA) is 86.5 Å². The molecule has 1 aromatic heterocycles. The van der Waals surface area contributed by atoms with E-state index in [-0.39, 0.29) is 5.69 Å². The van der Waals surface area contributed by atoms with Crippen LogP contribution < -0.4 is 10.6 Å². The Kier molecular flexibility index (Phi) is 2.16. The predicted octanol–water partition coefficient (Wildman–Crippen LogP) is 0.922. The molecule has 0 aliphatic rings. The first-order valence-electron chi connectivity index (χ1n) is 4.11. The number of non-ortho nitro benzene ring substituents is 1. The van der Waals surface area contributed by atoms with Gasteiger partial charge in [-0.1, -0.05) is 11.3 Å². The minimum absolute atomic E-state index is 0.0768. The Hall–Kier alpha value is -1.89. The summed E-state index contributed by atoms with van der Waals surface area (Å²) in [5.41, 5.74) is 0.961. The van der Waals surface area contributed by atoms with Gasteiger partial charge in [0.2, 0.25) is 4.80 Å². The molecule has 2 rings (SSSR count).